The number of nitrogens with zero attached hydrogens (tertiary/aromatic N) is 2. The van der Waals surface area contributed by atoms with Crippen molar-refractivity contribution in [3.05, 3.63) is 33.8 Å². The largest absolute Gasteiger partial charge is 0.258 e. The van der Waals surface area contributed by atoms with Crippen LogP contribution in [-0.2, 0) is 0 Å². The molecular weight excluding hydrogens is 289 g/mol. The van der Waals surface area contributed by atoms with Crippen LogP contribution in [0.15, 0.2) is 28.3 Å². The van der Waals surface area contributed by atoms with Gasteiger partial charge in [-0.05, 0) is 26.0 Å². The van der Waals surface area contributed by atoms with E-state index in [9.17, 15) is 0 Å². The summed E-state index contributed by atoms with van der Waals surface area (Å²) in [5.74, 6) is 0.750. The Balaban J connectivity index is 2.19. The lowest BCUT2D eigenvalue weighted by Crippen LogP contribution is -2.26. The van der Waals surface area contributed by atoms with Gasteiger partial charge < -0.3 is 0 Å². The molecule has 0 fully saturated rings. The van der Waals surface area contributed by atoms with E-state index in [2.05, 4.69) is 15.5 Å². The summed E-state index contributed by atoms with van der Waals surface area (Å²) in [4.78, 5) is 4.41. The van der Waals surface area contributed by atoms with E-state index in [1.807, 2.05) is 26.0 Å². The number of hydrogen-bond donors (Lipinski definition) is 1. The molecule has 0 spiro atoms. The fourth-order valence-corrected chi connectivity index (χ4v) is 2.89. The molecule has 6 heteroatoms. The van der Waals surface area contributed by atoms with E-state index in [1.54, 1.807) is 17.8 Å². The van der Waals surface area contributed by atoms with Gasteiger partial charge in [0.05, 0.1) is 10.7 Å². The highest BCUT2D eigenvalue weighted by molar-refractivity contribution is 8.14. The summed E-state index contributed by atoms with van der Waals surface area (Å²) >= 11 is 13.6. The molecule has 1 aromatic rings. The van der Waals surface area contributed by atoms with Crippen molar-refractivity contribution in [2.75, 3.05) is 5.75 Å². The standard InChI is InChI=1S/C12H13Cl2N3S/c1-7(2)15-12-17-16-11(6-18-12)9-4-3-8(13)5-10(9)14/h3-5,7H,6H2,1-2H3,(H,15,17). The van der Waals surface area contributed by atoms with Gasteiger partial charge in [0, 0.05) is 22.4 Å². The molecule has 1 aliphatic heterocycles. The summed E-state index contributed by atoms with van der Waals surface area (Å²) in [6.07, 6.45) is 0. The first-order valence-corrected chi connectivity index (χ1v) is 7.29. The number of benzene rings is 1. The van der Waals surface area contributed by atoms with Crippen molar-refractivity contribution in [1.29, 1.82) is 0 Å². The van der Waals surface area contributed by atoms with Crippen LogP contribution >= 0.6 is 35.0 Å². The maximum absolute atomic E-state index is 6.15. The lowest BCUT2D eigenvalue weighted by atomic mass is 10.1. The Hall–Kier alpha value is -0.710. The smallest absolute Gasteiger partial charge is 0.177 e. The van der Waals surface area contributed by atoms with Crippen LogP contribution in [0.5, 0.6) is 0 Å². The van der Waals surface area contributed by atoms with Gasteiger partial charge >= 0.3 is 0 Å². The van der Waals surface area contributed by atoms with Gasteiger partial charge in [0.15, 0.2) is 5.17 Å². The van der Waals surface area contributed by atoms with Crippen LogP contribution < -0.4 is 5.43 Å². The number of amidine groups is 1. The zero-order valence-corrected chi connectivity index (χ0v) is 12.4. The minimum Gasteiger partial charge on any atom is -0.258 e. The lowest BCUT2D eigenvalue weighted by molar-refractivity contribution is 0.826. The van der Waals surface area contributed by atoms with E-state index in [-0.39, 0.29) is 6.04 Å². The highest BCUT2D eigenvalue weighted by Crippen LogP contribution is 2.24. The number of thioether (sulfide) groups is 1. The van der Waals surface area contributed by atoms with Crippen molar-refractivity contribution in [1.82, 2.24) is 5.43 Å². The van der Waals surface area contributed by atoms with Crippen LogP contribution in [0, 0.1) is 0 Å². The van der Waals surface area contributed by atoms with E-state index in [1.165, 1.54) is 0 Å². The highest BCUT2D eigenvalue weighted by Gasteiger charge is 2.15. The average Bonchev–Trinajstić information content (AvgIpc) is 2.30. The van der Waals surface area contributed by atoms with Gasteiger partial charge in [-0.2, -0.15) is 5.10 Å². The Morgan fingerprint density at radius 3 is 2.72 bits per heavy atom. The molecule has 1 aliphatic rings. The molecule has 0 bridgehead atoms. The molecule has 3 nitrogen and oxygen atoms in total. The monoisotopic (exact) mass is 301 g/mol. The van der Waals surface area contributed by atoms with Crippen molar-refractivity contribution < 1.29 is 0 Å². The zero-order chi connectivity index (χ0) is 13.1. The summed E-state index contributed by atoms with van der Waals surface area (Å²) in [5.41, 5.74) is 4.76. The Labute approximate surface area is 121 Å². The van der Waals surface area contributed by atoms with Crippen molar-refractivity contribution in [2.45, 2.75) is 19.9 Å². The van der Waals surface area contributed by atoms with Crippen molar-refractivity contribution in [3.8, 4) is 0 Å². The molecule has 0 aliphatic carbocycles. The minimum atomic E-state index is 0.260. The zero-order valence-electron chi connectivity index (χ0n) is 10.1. The summed E-state index contributed by atoms with van der Waals surface area (Å²) in [7, 11) is 0. The molecule has 2 rings (SSSR count). The minimum absolute atomic E-state index is 0.260. The molecule has 1 heterocycles. The molecule has 18 heavy (non-hydrogen) atoms. The molecular formula is C12H13Cl2N3S. The van der Waals surface area contributed by atoms with Crippen LogP contribution in [0.3, 0.4) is 0 Å². The van der Waals surface area contributed by atoms with Gasteiger partial charge in [0.2, 0.25) is 0 Å². The third-order valence-corrected chi connectivity index (χ3v) is 3.69. The first-order chi connectivity index (χ1) is 8.56. The molecule has 1 N–H and O–H groups in total. The maximum Gasteiger partial charge on any atom is 0.177 e. The van der Waals surface area contributed by atoms with Crippen molar-refractivity contribution >= 4 is 45.8 Å². The molecule has 0 amide bonds. The third kappa shape index (κ3) is 3.40. The number of halogens is 2. The van der Waals surface area contributed by atoms with E-state index in [0.29, 0.717) is 10.0 Å². The first kappa shape index (κ1) is 13.7. The van der Waals surface area contributed by atoms with E-state index in [4.69, 9.17) is 23.2 Å². The van der Waals surface area contributed by atoms with Crippen molar-refractivity contribution in [2.24, 2.45) is 10.1 Å². The maximum atomic E-state index is 6.15. The molecule has 0 radical (unpaired) electrons. The third-order valence-electron chi connectivity index (χ3n) is 2.25. The topological polar surface area (TPSA) is 36.8 Å². The quantitative estimate of drug-likeness (QED) is 0.902. The Morgan fingerprint density at radius 2 is 2.17 bits per heavy atom. The molecule has 0 aromatic heterocycles. The fourth-order valence-electron chi connectivity index (χ4n) is 1.48. The van der Waals surface area contributed by atoms with E-state index >= 15 is 0 Å². The van der Waals surface area contributed by atoms with E-state index < -0.39 is 0 Å². The van der Waals surface area contributed by atoms with Crippen LogP contribution in [0.2, 0.25) is 10.0 Å². The number of rotatable bonds is 2. The SMILES string of the molecule is CC(C)N=C1NN=C(c2ccc(Cl)cc2Cl)CS1. The second kappa shape index (κ2) is 5.95. The number of hydrazone groups is 1. The Bertz CT molecular complexity index is 512. The summed E-state index contributed by atoms with van der Waals surface area (Å²) in [6.45, 7) is 4.06. The second-order valence-corrected chi connectivity index (χ2v) is 5.92. The summed E-state index contributed by atoms with van der Waals surface area (Å²) in [6, 6.07) is 5.68. The normalized spacial score (nSPS) is 17.8. The number of hydrogen-bond acceptors (Lipinski definition) is 3. The molecule has 0 unspecified atom stereocenters. The number of aliphatic imine (C=N–C) groups is 1. The predicted octanol–water partition coefficient (Wildman–Crippen LogP) is 3.80. The van der Waals surface area contributed by atoms with Crippen LogP contribution in [0.4, 0.5) is 0 Å². The lowest BCUT2D eigenvalue weighted by Gasteiger charge is -2.16. The van der Waals surface area contributed by atoms with Gasteiger partial charge in [-0.25, -0.2) is 0 Å². The molecule has 1 aromatic carbocycles. The summed E-state index contributed by atoms with van der Waals surface area (Å²) < 4.78 is 0. The fraction of sp³-hybridized carbons (Fsp3) is 0.333. The van der Waals surface area contributed by atoms with E-state index in [0.717, 1.165) is 22.2 Å². The van der Waals surface area contributed by atoms with Crippen LogP contribution in [-0.4, -0.2) is 22.7 Å². The molecule has 0 saturated carbocycles. The van der Waals surface area contributed by atoms with Crippen LogP contribution in [0.1, 0.15) is 19.4 Å². The number of nitrogens with one attached hydrogen (secondary N) is 1. The van der Waals surface area contributed by atoms with Crippen LogP contribution in [0.25, 0.3) is 0 Å². The van der Waals surface area contributed by atoms with Crippen molar-refractivity contribution in [3.63, 3.8) is 0 Å². The van der Waals surface area contributed by atoms with Gasteiger partial charge in [0.1, 0.15) is 0 Å². The molecule has 96 valence electrons. The first-order valence-electron chi connectivity index (χ1n) is 5.55. The average molecular weight is 302 g/mol. The van der Waals surface area contributed by atoms with Gasteiger partial charge in [-0.15, -0.1) is 0 Å². The predicted molar refractivity (Wildman–Crippen MR) is 81.2 cm³/mol. The van der Waals surface area contributed by atoms with Gasteiger partial charge in [-0.3, -0.25) is 10.4 Å². The molecule has 0 atom stereocenters. The highest BCUT2D eigenvalue weighted by atomic mass is 35.5. The van der Waals surface area contributed by atoms with Gasteiger partial charge in [-0.1, -0.05) is 41.0 Å². The molecule has 0 saturated heterocycles. The Kier molecular flexibility index (Phi) is 4.54. The Morgan fingerprint density at radius 1 is 1.39 bits per heavy atom. The summed E-state index contributed by atoms with van der Waals surface area (Å²) in [5, 5.41) is 6.40. The second-order valence-electron chi connectivity index (χ2n) is 4.11. The van der Waals surface area contributed by atoms with Gasteiger partial charge in [0.25, 0.3) is 0 Å².